The quantitative estimate of drug-likeness (QED) is 0.894. The lowest BCUT2D eigenvalue weighted by molar-refractivity contribution is 0.326. The van der Waals surface area contributed by atoms with E-state index in [0.717, 1.165) is 13.1 Å². The highest BCUT2D eigenvalue weighted by Gasteiger charge is 2.46. The van der Waals surface area contributed by atoms with Gasteiger partial charge in [0.25, 0.3) is 0 Å². The van der Waals surface area contributed by atoms with E-state index in [2.05, 4.69) is 56.9 Å². The van der Waals surface area contributed by atoms with Gasteiger partial charge >= 0.3 is 0 Å². The molecule has 1 atom stereocenters. The summed E-state index contributed by atoms with van der Waals surface area (Å²) in [4.78, 5) is 2.55. The van der Waals surface area contributed by atoms with E-state index in [0.29, 0.717) is 5.41 Å². The van der Waals surface area contributed by atoms with Crippen molar-refractivity contribution < 1.29 is 0 Å². The van der Waals surface area contributed by atoms with Gasteiger partial charge in [0, 0.05) is 18.8 Å². The van der Waals surface area contributed by atoms with Gasteiger partial charge in [-0.15, -0.1) is 0 Å². The molecule has 1 aromatic carbocycles. The molecule has 2 nitrogen and oxygen atoms in total. The van der Waals surface area contributed by atoms with Crippen LogP contribution in [0.25, 0.3) is 0 Å². The number of hydrogen-bond acceptors (Lipinski definition) is 2. The van der Waals surface area contributed by atoms with Crippen LogP contribution in [0.4, 0.5) is 5.69 Å². The van der Waals surface area contributed by atoms with Gasteiger partial charge in [0.15, 0.2) is 0 Å². The Kier molecular flexibility index (Phi) is 3.91. The smallest absolute Gasteiger partial charge is 0.0529 e. The van der Waals surface area contributed by atoms with E-state index in [-0.39, 0.29) is 5.54 Å². The predicted molar refractivity (Wildman–Crippen MR) is 83.6 cm³/mol. The van der Waals surface area contributed by atoms with Gasteiger partial charge in [0.1, 0.15) is 0 Å². The number of nitrogens with two attached hydrogens (primary N) is 1. The van der Waals surface area contributed by atoms with Crippen LogP contribution in [0.3, 0.4) is 0 Å². The van der Waals surface area contributed by atoms with Crippen molar-refractivity contribution in [3.8, 4) is 0 Å². The molecule has 0 aromatic heterocycles. The highest BCUT2D eigenvalue weighted by molar-refractivity contribution is 5.55. The molecule has 0 saturated heterocycles. The van der Waals surface area contributed by atoms with Crippen LogP contribution in [0.1, 0.15) is 45.6 Å². The number of anilines is 1. The van der Waals surface area contributed by atoms with Gasteiger partial charge in [0.05, 0.1) is 5.54 Å². The number of hydrogen-bond donors (Lipinski definition) is 1. The molecular weight excluding hydrogens is 232 g/mol. The fraction of sp³-hybridized carbons (Fsp3) is 0.647. The highest BCUT2D eigenvalue weighted by Crippen LogP contribution is 2.47. The minimum absolute atomic E-state index is 0.143. The van der Waals surface area contributed by atoms with E-state index in [1.54, 1.807) is 0 Å². The second kappa shape index (κ2) is 5.16. The molecule has 1 saturated carbocycles. The van der Waals surface area contributed by atoms with Crippen molar-refractivity contribution in [3.05, 3.63) is 29.8 Å². The van der Waals surface area contributed by atoms with Crippen LogP contribution >= 0.6 is 0 Å². The molecule has 1 fully saturated rings. The predicted octanol–water partition coefficient (Wildman–Crippen LogP) is 3.73. The van der Waals surface area contributed by atoms with Crippen LogP contribution in [0.15, 0.2) is 24.3 Å². The molecule has 0 heterocycles. The standard InChI is InChI=1S/C17H28N2/c1-5-19(15-9-7-6-8-14(15)2)17(13-18)11-10-16(3,4)12-17/h6-9H,5,10-13,18H2,1-4H3. The van der Waals surface area contributed by atoms with Gasteiger partial charge in [-0.2, -0.15) is 0 Å². The van der Waals surface area contributed by atoms with Gasteiger partial charge in [-0.05, 0) is 50.2 Å². The molecule has 2 heteroatoms. The molecular formula is C17H28N2. The molecule has 0 aliphatic heterocycles. The van der Waals surface area contributed by atoms with Gasteiger partial charge in [-0.25, -0.2) is 0 Å². The lowest BCUT2D eigenvalue weighted by Gasteiger charge is -2.43. The summed E-state index contributed by atoms with van der Waals surface area (Å²) >= 11 is 0. The second-order valence-corrected chi connectivity index (χ2v) is 6.80. The number of likely N-dealkylation sites (N-methyl/N-ethyl adjacent to an activating group) is 1. The summed E-state index contributed by atoms with van der Waals surface area (Å²) in [5, 5.41) is 0. The molecule has 0 spiro atoms. The first-order valence-electron chi connectivity index (χ1n) is 7.47. The Morgan fingerprint density at radius 1 is 1.21 bits per heavy atom. The first-order chi connectivity index (χ1) is 8.94. The largest absolute Gasteiger partial charge is 0.365 e. The van der Waals surface area contributed by atoms with Gasteiger partial charge in [0.2, 0.25) is 0 Å². The van der Waals surface area contributed by atoms with Gasteiger partial charge in [-0.1, -0.05) is 32.0 Å². The maximum absolute atomic E-state index is 6.21. The summed E-state index contributed by atoms with van der Waals surface area (Å²) in [7, 11) is 0. The Hall–Kier alpha value is -1.02. The van der Waals surface area contributed by atoms with Gasteiger partial charge < -0.3 is 10.6 Å². The fourth-order valence-electron chi connectivity index (χ4n) is 3.78. The SMILES string of the molecule is CCN(c1ccccc1C)C1(CN)CCC(C)(C)C1. The summed E-state index contributed by atoms with van der Waals surface area (Å²) < 4.78 is 0. The normalized spacial score (nSPS) is 25.5. The zero-order valence-electron chi connectivity index (χ0n) is 12.9. The zero-order valence-corrected chi connectivity index (χ0v) is 12.9. The summed E-state index contributed by atoms with van der Waals surface area (Å²) in [6, 6.07) is 8.68. The third-order valence-electron chi connectivity index (χ3n) is 4.75. The molecule has 2 N–H and O–H groups in total. The Balaban J connectivity index is 2.38. The summed E-state index contributed by atoms with van der Waals surface area (Å²) in [6.45, 7) is 11.0. The van der Waals surface area contributed by atoms with Crippen LogP contribution in [-0.2, 0) is 0 Å². The molecule has 1 unspecified atom stereocenters. The molecule has 19 heavy (non-hydrogen) atoms. The number of benzene rings is 1. The molecule has 106 valence electrons. The molecule has 1 aliphatic carbocycles. The molecule has 1 aromatic rings. The van der Waals surface area contributed by atoms with Crippen molar-refractivity contribution in [2.45, 2.75) is 52.5 Å². The topological polar surface area (TPSA) is 29.3 Å². The maximum atomic E-state index is 6.21. The third-order valence-corrected chi connectivity index (χ3v) is 4.75. The summed E-state index contributed by atoms with van der Waals surface area (Å²) in [5.74, 6) is 0. The average molecular weight is 260 g/mol. The van der Waals surface area contributed by atoms with Crippen molar-refractivity contribution in [2.75, 3.05) is 18.0 Å². The van der Waals surface area contributed by atoms with Crippen molar-refractivity contribution in [1.29, 1.82) is 0 Å². The molecule has 0 bridgehead atoms. The minimum Gasteiger partial charge on any atom is -0.365 e. The maximum Gasteiger partial charge on any atom is 0.0529 e. The average Bonchev–Trinajstić information content (AvgIpc) is 2.70. The molecule has 0 radical (unpaired) electrons. The van der Waals surface area contributed by atoms with Crippen molar-refractivity contribution in [2.24, 2.45) is 11.1 Å². The van der Waals surface area contributed by atoms with E-state index in [1.165, 1.54) is 30.5 Å². The molecule has 0 amide bonds. The monoisotopic (exact) mass is 260 g/mol. The Morgan fingerprint density at radius 3 is 2.37 bits per heavy atom. The number of aryl methyl sites for hydroxylation is 1. The Labute approximate surface area is 118 Å². The van der Waals surface area contributed by atoms with Crippen LogP contribution in [0.2, 0.25) is 0 Å². The number of rotatable bonds is 4. The van der Waals surface area contributed by atoms with Crippen LogP contribution in [0.5, 0.6) is 0 Å². The van der Waals surface area contributed by atoms with E-state index in [4.69, 9.17) is 5.73 Å². The van der Waals surface area contributed by atoms with Crippen molar-refractivity contribution in [3.63, 3.8) is 0 Å². The number of para-hydroxylation sites is 1. The Bertz CT molecular complexity index is 439. The van der Waals surface area contributed by atoms with Crippen LogP contribution < -0.4 is 10.6 Å². The summed E-state index contributed by atoms with van der Waals surface area (Å²) in [6.07, 6.45) is 3.67. The van der Waals surface area contributed by atoms with E-state index < -0.39 is 0 Å². The number of nitrogens with zero attached hydrogens (tertiary/aromatic N) is 1. The van der Waals surface area contributed by atoms with Crippen molar-refractivity contribution in [1.82, 2.24) is 0 Å². The minimum atomic E-state index is 0.143. The highest BCUT2D eigenvalue weighted by atomic mass is 15.2. The summed E-state index contributed by atoms with van der Waals surface area (Å²) in [5.41, 5.74) is 9.47. The van der Waals surface area contributed by atoms with Gasteiger partial charge in [-0.3, -0.25) is 0 Å². The first-order valence-corrected chi connectivity index (χ1v) is 7.47. The Morgan fingerprint density at radius 2 is 1.89 bits per heavy atom. The lowest BCUT2D eigenvalue weighted by Crippen LogP contribution is -2.53. The molecule has 1 aliphatic rings. The van der Waals surface area contributed by atoms with E-state index >= 15 is 0 Å². The van der Waals surface area contributed by atoms with E-state index in [9.17, 15) is 0 Å². The van der Waals surface area contributed by atoms with E-state index in [1.807, 2.05) is 0 Å². The van der Waals surface area contributed by atoms with Crippen LogP contribution in [0, 0.1) is 12.3 Å². The second-order valence-electron chi connectivity index (χ2n) is 6.80. The fourth-order valence-corrected chi connectivity index (χ4v) is 3.78. The van der Waals surface area contributed by atoms with Crippen molar-refractivity contribution >= 4 is 5.69 Å². The first kappa shape index (κ1) is 14.4. The zero-order chi connectivity index (χ0) is 14.1. The molecule has 2 rings (SSSR count). The lowest BCUT2D eigenvalue weighted by atomic mass is 9.86. The van der Waals surface area contributed by atoms with Crippen LogP contribution in [-0.4, -0.2) is 18.6 Å². The third kappa shape index (κ3) is 2.64.